The summed E-state index contributed by atoms with van der Waals surface area (Å²) in [4.78, 5) is 12.0. The fraction of sp³-hybridized carbons (Fsp3) is 0.714. The second-order valence-electron chi connectivity index (χ2n) is 5.79. The number of rotatable bonds is 4. The zero-order valence-corrected chi connectivity index (χ0v) is 11.9. The average molecular weight is 264 g/mol. The van der Waals surface area contributed by atoms with Gasteiger partial charge in [-0.25, -0.2) is 0 Å². The minimum atomic E-state index is -0.285. The second kappa shape index (κ2) is 5.74. The Morgan fingerprint density at radius 1 is 1.47 bits per heavy atom. The van der Waals surface area contributed by atoms with Crippen LogP contribution in [-0.2, 0) is 18.4 Å². The fourth-order valence-corrected chi connectivity index (χ4v) is 2.83. The molecule has 1 heterocycles. The summed E-state index contributed by atoms with van der Waals surface area (Å²) in [6.07, 6.45) is 7.84. The van der Waals surface area contributed by atoms with Crippen molar-refractivity contribution in [1.82, 2.24) is 15.1 Å². The van der Waals surface area contributed by atoms with Gasteiger partial charge in [-0.15, -0.1) is 0 Å². The van der Waals surface area contributed by atoms with E-state index in [1.165, 1.54) is 6.42 Å². The Hall–Kier alpha value is -1.36. The van der Waals surface area contributed by atoms with Crippen molar-refractivity contribution in [2.45, 2.75) is 57.5 Å². The predicted molar refractivity (Wildman–Crippen MR) is 74.4 cm³/mol. The Bertz CT molecular complexity index is 446. The summed E-state index contributed by atoms with van der Waals surface area (Å²) in [5.41, 5.74) is 8.02. The van der Waals surface area contributed by atoms with Gasteiger partial charge in [-0.1, -0.05) is 19.3 Å². The summed E-state index contributed by atoms with van der Waals surface area (Å²) < 4.78 is 1.77. The van der Waals surface area contributed by atoms with Gasteiger partial charge >= 0.3 is 0 Å². The minimum Gasteiger partial charge on any atom is -0.352 e. The van der Waals surface area contributed by atoms with E-state index in [-0.39, 0.29) is 11.4 Å². The Labute approximate surface area is 114 Å². The number of carbonyl (C=O) groups is 1. The molecule has 0 atom stereocenters. The summed E-state index contributed by atoms with van der Waals surface area (Å²) in [7, 11) is 1.88. The lowest BCUT2D eigenvalue weighted by Gasteiger charge is -2.32. The summed E-state index contributed by atoms with van der Waals surface area (Å²) in [5.74, 6) is 0.0488. The van der Waals surface area contributed by atoms with E-state index >= 15 is 0 Å². The minimum absolute atomic E-state index is 0.0488. The first-order chi connectivity index (χ1) is 8.98. The molecule has 5 nitrogen and oxygen atoms in total. The van der Waals surface area contributed by atoms with E-state index in [9.17, 15) is 4.79 Å². The third-order valence-electron chi connectivity index (χ3n) is 3.95. The van der Waals surface area contributed by atoms with Crippen molar-refractivity contribution in [3.8, 4) is 0 Å². The van der Waals surface area contributed by atoms with Crippen molar-refractivity contribution in [3.05, 3.63) is 17.5 Å². The maximum atomic E-state index is 12.0. The third kappa shape index (κ3) is 3.80. The van der Waals surface area contributed by atoms with Gasteiger partial charge in [0.05, 0.1) is 5.69 Å². The molecule has 0 unspecified atom stereocenters. The molecule has 0 aromatic carbocycles. The summed E-state index contributed by atoms with van der Waals surface area (Å²) in [6.45, 7) is 2.49. The van der Waals surface area contributed by atoms with Crippen LogP contribution < -0.4 is 11.1 Å². The molecule has 19 heavy (non-hydrogen) atoms. The molecule has 1 saturated carbocycles. The highest BCUT2D eigenvalue weighted by Crippen LogP contribution is 2.28. The molecule has 0 radical (unpaired) electrons. The molecule has 1 aromatic rings. The molecule has 0 bridgehead atoms. The first-order valence-corrected chi connectivity index (χ1v) is 7.03. The van der Waals surface area contributed by atoms with Crippen LogP contribution >= 0.6 is 0 Å². The SMILES string of the molecule is Cc1nn(C)cc1CNC(=O)CC1(N)CCCCC1. The van der Waals surface area contributed by atoms with Crippen molar-refractivity contribution >= 4 is 5.91 Å². The zero-order valence-electron chi connectivity index (χ0n) is 11.9. The molecule has 2 rings (SSSR count). The monoisotopic (exact) mass is 264 g/mol. The molecule has 0 saturated heterocycles. The molecule has 0 aliphatic heterocycles. The van der Waals surface area contributed by atoms with Gasteiger partial charge < -0.3 is 11.1 Å². The quantitative estimate of drug-likeness (QED) is 0.863. The number of aryl methyl sites for hydroxylation is 2. The van der Waals surface area contributed by atoms with E-state index in [2.05, 4.69) is 10.4 Å². The lowest BCUT2D eigenvalue weighted by Crippen LogP contribution is -2.45. The molecule has 1 amide bonds. The van der Waals surface area contributed by atoms with E-state index in [4.69, 9.17) is 5.73 Å². The molecule has 1 fully saturated rings. The van der Waals surface area contributed by atoms with Crippen LogP contribution in [-0.4, -0.2) is 21.2 Å². The number of nitrogens with two attached hydrogens (primary N) is 1. The number of hydrogen-bond donors (Lipinski definition) is 2. The maximum absolute atomic E-state index is 12.0. The van der Waals surface area contributed by atoms with Crippen LogP contribution in [0.5, 0.6) is 0 Å². The molecular formula is C14H24N4O. The van der Waals surface area contributed by atoms with Crippen LogP contribution in [0.3, 0.4) is 0 Å². The highest BCUT2D eigenvalue weighted by Gasteiger charge is 2.29. The lowest BCUT2D eigenvalue weighted by molar-refractivity contribution is -0.122. The van der Waals surface area contributed by atoms with E-state index in [1.807, 2.05) is 20.2 Å². The van der Waals surface area contributed by atoms with Gasteiger partial charge in [0, 0.05) is 37.3 Å². The van der Waals surface area contributed by atoms with Gasteiger partial charge in [-0.3, -0.25) is 9.48 Å². The number of nitrogens with zero attached hydrogens (tertiary/aromatic N) is 2. The second-order valence-corrected chi connectivity index (χ2v) is 5.79. The van der Waals surface area contributed by atoms with Gasteiger partial charge in [0.15, 0.2) is 0 Å². The van der Waals surface area contributed by atoms with Gasteiger partial charge in [0.2, 0.25) is 5.91 Å². The van der Waals surface area contributed by atoms with Crippen LogP contribution in [0.25, 0.3) is 0 Å². The molecule has 0 spiro atoms. The van der Waals surface area contributed by atoms with Gasteiger partial charge in [-0.05, 0) is 19.8 Å². The number of nitrogens with one attached hydrogen (secondary N) is 1. The van der Waals surface area contributed by atoms with Crippen LogP contribution in [0, 0.1) is 6.92 Å². The highest BCUT2D eigenvalue weighted by atomic mass is 16.1. The number of hydrogen-bond acceptors (Lipinski definition) is 3. The summed E-state index contributed by atoms with van der Waals surface area (Å²) in [5, 5.41) is 7.21. The normalized spacial score (nSPS) is 18.3. The first-order valence-electron chi connectivity index (χ1n) is 7.03. The van der Waals surface area contributed by atoms with Crippen molar-refractivity contribution in [2.75, 3.05) is 0 Å². The molecule has 3 N–H and O–H groups in total. The summed E-state index contributed by atoms with van der Waals surface area (Å²) >= 11 is 0. The maximum Gasteiger partial charge on any atom is 0.222 e. The standard InChI is InChI=1S/C14H24N4O/c1-11-12(10-18(2)17-11)9-16-13(19)8-14(15)6-4-3-5-7-14/h10H,3-9,15H2,1-2H3,(H,16,19). The number of amides is 1. The lowest BCUT2D eigenvalue weighted by atomic mass is 9.80. The topological polar surface area (TPSA) is 72.9 Å². The van der Waals surface area contributed by atoms with E-state index < -0.39 is 0 Å². The fourth-order valence-electron chi connectivity index (χ4n) is 2.83. The Balaban J connectivity index is 1.83. The molecule has 106 valence electrons. The van der Waals surface area contributed by atoms with Crippen molar-refractivity contribution in [2.24, 2.45) is 12.8 Å². The zero-order chi connectivity index (χ0) is 13.9. The Morgan fingerprint density at radius 2 is 2.16 bits per heavy atom. The van der Waals surface area contributed by atoms with Crippen molar-refractivity contribution in [1.29, 1.82) is 0 Å². The number of aromatic nitrogens is 2. The largest absolute Gasteiger partial charge is 0.352 e. The number of carbonyl (C=O) groups excluding carboxylic acids is 1. The molecule has 1 aliphatic rings. The molecular weight excluding hydrogens is 240 g/mol. The van der Waals surface area contributed by atoms with Gasteiger partial charge in [0.25, 0.3) is 0 Å². The van der Waals surface area contributed by atoms with Gasteiger partial charge in [-0.2, -0.15) is 5.10 Å². The highest BCUT2D eigenvalue weighted by molar-refractivity contribution is 5.77. The van der Waals surface area contributed by atoms with Crippen LogP contribution in [0.15, 0.2) is 6.20 Å². The van der Waals surface area contributed by atoms with Crippen LogP contribution in [0.4, 0.5) is 0 Å². The van der Waals surface area contributed by atoms with E-state index in [0.717, 1.165) is 36.9 Å². The molecule has 5 heteroatoms. The third-order valence-corrected chi connectivity index (χ3v) is 3.95. The molecule has 1 aromatic heterocycles. The average Bonchev–Trinajstić information content (AvgIpc) is 2.65. The van der Waals surface area contributed by atoms with Gasteiger partial charge in [0.1, 0.15) is 0 Å². The van der Waals surface area contributed by atoms with Crippen molar-refractivity contribution < 1.29 is 4.79 Å². The van der Waals surface area contributed by atoms with Crippen LogP contribution in [0.1, 0.15) is 49.8 Å². The predicted octanol–water partition coefficient (Wildman–Crippen LogP) is 1.40. The van der Waals surface area contributed by atoms with E-state index in [1.54, 1.807) is 4.68 Å². The van der Waals surface area contributed by atoms with E-state index in [0.29, 0.717) is 13.0 Å². The van der Waals surface area contributed by atoms with Crippen molar-refractivity contribution in [3.63, 3.8) is 0 Å². The first kappa shape index (κ1) is 14.1. The van der Waals surface area contributed by atoms with Crippen LogP contribution in [0.2, 0.25) is 0 Å². The Morgan fingerprint density at radius 3 is 2.74 bits per heavy atom. The summed E-state index contributed by atoms with van der Waals surface area (Å²) in [6, 6.07) is 0. The molecule has 1 aliphatic carbocycles. The smallest absolute Gasteiger partial charge is 0.222 e. The Kier molecular flexibility index (Phi) is 4.24.